The van der Waals surface area contributed by atoms with Gasteiger partial charge >= 0.3 is 18.0 Å². The second-order valence-electron chi connectivity index (χ2n) is 16.7. The molecule has 0 aliphatic carbocycles. The number of aromatic carboxylic acids is 2. The molecule has 15 nitrogen and oxygen atoms in total. The fourth-order valence-electron chi connectivity index (χ4n) is 6.83. The number of fused-ring (bicyclic) bond motifs is 4. The molecule has 318 valence electrons. The van der Waals surface area contributed by atoms with Gasteiger partial charge in [-0.2, -0.15) is 5.10 Å². The molecular weight excluding hydrogens is 787 g/mol. The van der Waals surface area contributed by atoms with Gasteiger partial charge in [0.05, 0.1) is 56.1 Å². The Bertz CT molecular complexity index is 3040. The molecule has 0 atom stereocenters. The van der Waals surface area contributed by atoms with Crippen molar-refractivity contribution in [3.05, 3.63) is 102 Å². The van der Waals surface area contributed by atoms with Gasteiger partial charge in [0.15, 0.2) is 11.6 Å². The molecule has 8 rings (SSSR count). The third-order valence-corrected chi connectivity index (χ3v) is 10.6. The minimum absolute atomic E-state index is 0.0764. The summed E-state index contributed by atoms with van der Waals surface area (Å²) in [6, 6.07) is 25.3. The van der Waals surface area contributed by atoms with E-state index < -0.39 is 23.6 Å². The highest BCUT2D eigenvalue weighted by atomic mass is 16.6. The number of para-hydroxylation sites is 1. The first kappa shape index (κ1) is 42.7. The molecule has 0 saturated heterocycles. The number of carbonyl (C=O) groups is 3. The molecule has 0 radical (unpaired) electrons. The minimum atomic E-state index is -1.03. The SMILES string of the molecule is CC(C)N(C)c1nc2cc(C(=O)O)ccc2nc1-c1cc2ccccc2n1C(=O)OC(C)(C)C.CC(C)N(C)c1nc2cc(C(=O)O)ccc2nc1-c1ccc2cnn(C)c2c1. The van der Waals surface area contributed by atoms with Crippen LogP contribution in [0.4, 0.5) is 16.4 Å². The van der Waals surface area contributed by atoms with Crippen LogP contribution in [0.25, 0.3) is 66.5 Å². The maximum Gasteiger partial charge on any atom is 0.419 e. The molecule has 0 unspecified atom stereocenters. The zero-order chi connectivity index (χ0) is 44.8. The first-order valence-electron chi connectivity index (χ1n) is 20.1. The summed E-state index contributed by atoms with van der Waals surface area (Å²) in [5.41, 5.74) is 6.34. The van der Waals surface area contributed by atoms with E-state index in [-0.39, 0.29) is 23.2 Å². The molecule has 0 aliphatic heterocycles. The molecule has 8 aromatic rings. The van der Waals surface area contributed by atoms with E-state index in [0.29, 0.717) is 50.6 Å². The first-order chi connectivity index (χ1) is 29.3. The van der Waals surface area contributed by atoms with Gasteiger partial charge in [0, 0.05) is 49.6 Å². The molecule has 15 heteroatoms. The lowest BCUT2D eigenvalue weighted by Crippen LogP contribution is -2.29. The van der Waals surface area contributed by atoms with Crippen molar-refractivity contribution < 1.29 is 29.3 Å². The van der Waals surface area contributed by atoms with E-state index in [0.717, 1.165) is 27.5 Å². The predicted octanol–water partition coefficient (Wildman–Crippen LogP) is 9.30. The number of carbonyl (C=O) groups excluding carboxylic acids is 1. The van der Waals surface area contributed by atoms with Crippen LogP contribution in [-0.2, 0) is 11.8 Å². The highest BCUT2D eigenvalue weighted by Crippen LogP contribution is 2.36. The zero-order valence-electron chi connectivity index (χ0n) is 36.4. The largest absolute Gasteiger partial charge is 0.478 e. The van der Waals surface area contributed by atoms with E-state index in [1.807, 2.05) is 119 Å². The number of ether oxygens (including phenoxy) is 1. The summed E-state index contributed by atoms with van der Waals surface area (Å²) in [4.78, 5) is 59.4. The highest BCUT2D eigenvalue weighted by molar-refractivity contribution is 5.99. The van der Waals surface area contributed by atoms with E-state index >= 15 is 0 Å². The molecule has 62 heavy (non-hydrogen) atoms. The number of rotatable bonds is 8. The summed E-state index contributed by atoms with van der Waals surface area (Å²) in [6.45, 7) is 13.7. The fraction of sp³-hybridized carbons (Fsp3) is 0.277. The van der Waals surface area contributed by atoms with Gasteiger partial charge in [-0.05, 0) is 103 Å². The van der Waals surface area contributed by atoms with Crippen molar-refractivity contribution in [2.75, 3.05) is 23.9 Å². The number of nitrogens with zero attached hydrogens (tertiary/aromatic N) is 9. The Kier molecular flexibility index (Phi) is 11.4. The summed E-state index contributed by atoms with van der Waals surface area (Å²) < 4.78 is 9.09. The molecule has 4 aromatic carbocycles. The number of hydrogen-bond donors (Lipinski definition) is 2. The number of aryl methyl sites for hydroxylation is 1. The number of aromatic nitrogens is 7. The molecule has 4 aromatic heterocycles. The van der Waals surface area contributed by atoms with Crippen LogP contribution in [0.15, 0.2) is 91.1 Å². The molecule has 4 heterocycles. The number of carboxylic acids is 2. The highest BCUT2D eigenvalue weighted by Gasteiger charge is 2.27. The van der Waals surface area contributed by atoms with Gasteiger partial charge in [0.1, 0.15) is 17.0 Å². The second kappa shape index (κ2) is 16.6. The van der Waals surface area contributed by atoms with Gasteiger partial charge in [-0.3, -0.25) is 4.68 Å². The Morgan fingerprint density at radius 2 is 1.19 bits per heavy atom. The van der Waals surface area contributed by atoms with Gasteiger partial charge in [0.25, 0.3) is 0 Å². The Morgan fingerprint density at radius 3 is 1.74 bits per heavy atom. The molecule has 0 bridgehead atoms. The summed E-state index contributed by atoms with van der Waals surface area (Å²) in [7, 11) is 5.77. The number of carboxylic acid groups (broad SMARTS) is 2. The number of anilines is 2. The van der Waals surface area contributed by atoms with Crippen molar-refractivity contribution in [3.63, 3.8) is 0 Å². The fourth-order valence-corrected chi connectivity index (χ4v) is 6.83. The quantitative estimate of drug-likeness (QED) is 0.148. The molecule has 2 N–H and O–H groups in total. The van der Waals surface area contributed by atoms with Crippen molar-refractivity contribution in [1.82, 2.24) is 34.3 Å². The lowest BCUT2D eigenvalue weighted by molar-refractivity contribution is 0.0545. The Morgan fingerprint density at radius 1 is 0.645 bits per heavy atom. The summed E-state index contributed by atoms with van der Waals surface area (Å²) >= 11 is 0. The van der Waals surface area contributed by atoms with Gasteiger partial charge in [0.2, 0.25) is 0 Å². The van der Waals surface area contributed by atoms with Crippen molar-refractivity contribution in [2.24, 2.45) is 7.05 Å². The van der Waals surface area contributed by atoms with E-state index in [2.05, 4.69) is 25.0 Å². The van der Waals surface area contributed by atoms with Crippen molar-refractivity contribution in [2.45, 2.75) is 66.2 Å². The molecule has 0 amide bonds. The van der Waals surface area contributed by atoms with Crippen LogP contribution in [0.3, 0.4) is 0 Å². The zero-order valence-corrected chi connectivity index (χ0v) is 36.4. The van der Waals surface area contributed by atoms with E-state index in [4.69, 9.17) is 24.7 Å². The van der Waals surface area contributed by atoms with Gasteiger partial charge < -0.3 is 24.7 Å². The molecule has 0 spiro atoms. The molecule has 0 saturated carbocycles. The van der Waals surface area contributed by atoms with Crippen LogP contribution >= 0.6 is 0 Å². The molecular formula is C47H49N9O6. The van der Waals surface area contributed by atoms with Crippen molar-refractivity contribution >= 4 is 73.5 Å². The average molecular weight is 836 g/mol. The van der Waals surface area contributed by atoms with Crippen LogP contribution in [0.2, 0.25) is 0 Å². The molecule has 0 fully saturated rings. The van der Waals surface area contributed by atoms with Crippen molar-refractivity contribution in [3.8, 4) is 22.6 Å². The third-order valence-electron chi connectivity index (χ3n) is 10.6. The van der Waals surface area contributed by atoms with Crippen LogP contribution in [0.1, 0.15) is 69.2 Å². The number of hydrogen-bond acceptors (Lipinski definition) is 11. The lowest BCUT2D eigenvalue weighted by atomic mass is 10.1. The predicted molar refractivity (Wildman–Crippen MR) is 242 cm³/mol. The minimum Gasteiger partial charge on any atom is -0.478 e. The first-order valence-corrected chi connectivity index (χ1v) is 20.1. The van der Waals surface area contributed by atoms with Gasteiger partial charge in [-0.15, -0.1) is 0 Å². The lowest BCUT2D eigenvalue weighted by Gasteiger charge is -2.26. The monoisotopic (exact) mass is 835 g/mol. The van der Waals surface area contributed by atoms with Crippen LogP contribution in [0, 0.1) is 0 Å². The maximum atomic E-state index is 13.3. The number of benzene rings is 4. The Balaban J connectivity index is 0.000000190. The maximum absolute atomic E-state index is 13.3. The van der Waals surface area contributed by atoms with Crippen molar-refractivity contribution in [1.29, 1.82) is 0 Å². The Hall–Kier alpha value is -7.42. The topological polar surface area (TPSA) is 182 Å². The summed E-state index contributed by atoms with van der Waals surface area (Å²) in [5, 5.41) is 24.9. The normalized spacial score (nSPS) is 11.7. The Labute approximate surface area is 358 Å². The molecule has 0 aliphatic rings. The second-order valence-corrected chi connectivity index (χ2v) is 16.7. The standard InChI is InChI=1S/C26H28N4O4.C21H21N5O2/c1-15(2)29(6)23-22(27-18-12-11-17(24(31)32)13-19(18)28-23)21-14-16-9-7-8-10-20(16)30(21)25(33)34-26(3,4)5;1-12(2)25(3)20-19(13-5-6-15-11-22-26(4)18(15)10-13)23-16-8-7-14(21(27)28)9-17(16)24-20/h7-15H,1-6H3,(H,31,32);5-12H,1-4H3,(H,27,28). The van der Waals surface area contributed by atoms with E-state index in [1.54, 1.807) is 24.3 Å². The van der Waals surface area contributed by atoms with Crippen LogP contribution in [-0.4, -0.2) is 94.3 Å². The van der Waals surface area contributed by atoms with Gasteiger partial charge in [-0.25, -0.2) is 38.9 Å². The van der Waals surface area contributed by atoms with Crippen LogP contribution in [0.5, 0.6) is 0 Å². The summed E-state index contributed by atoms with van der Waals surface area (Å²) in [5.74, 6) is -0.756. The average Bonchev–Trinajstić information content (AvgIpc) is 3.81. The van der Waals surface area contributed by atoms with E-state index in [9.17, 15) is 24.6 Å². The van der Waals surface area contributed by atoms with Gasteiger partial charge in [-0.1, -0.05) is 30.3 Å². The third kappa shape index (κ3) is 8.46. The smallest absolute Gasteiger partial charge is 0.419 e. The van der Waals surface area contributed by atoms with Crippen LogP contribution < -0.4 is 9.80 Å². The van der Waals surface area contributed by atoms with E-state index in [1.165, 1.54) is 16.7 Å². The summed E-state index contributed by atoms with van der Waals surface area (Å²) in [6.07, 6.45) is 1.32.